The second-order valence-electron chi connectivity index (χ2n) is 5.39. The van der Waals surface area contributed by atoms with E-state index in [0.717, 1.165) is 0 Å². The zero-order chi connectivity index (χ0) is 17.8. The van der Waals surface area contributed by atoms with Gasteiger partial charge in [0.15, 0.2) is 0 Å². The first-order valence-electron chi connectivity index (χ1n) is 7.34. The summed E-state index contributed by atoms with van der Waals surface area (Å²) in [6, 6.07) is 8.78. The van der Waals surface area contributed by atoms with E-state index < -0.39 is 15.5 Å². The van der Waals surface area contributed by atoms with Crippen LogP contribution in [0.3, 0.4) is 0 Å². The van der Waals surface area contributed by atoms with Crippen LogP contribution in [0.25, 0.3) is 0 Å². The number of amides is 1. The Morgan fingerprint density at radius 1 is 1.08 bits per heavy atom. The van der Waals surface area contributed by atoms with Gasteiger partial charge in [-0.25, -0.2) is 8.42 Å². The molecule has 10 heteroatoms. The molecule has 0 aromatic heterocycles. The predicted octanol–water partition coefficient (Wildman–Crippen LogP) is 1.48. The molecule has 24 heavy (non-hydrogen) atoms. The van der Waals surface area contributed by atoms with E-state index in [1.54, 1.807) is 35.2 Å². The number of anilines is 1. The van der Waals surface area contributed by atoms with Gasteiger partial charge in [0.2, 0.25) is 5.91 Å². The molecule has 1 heterocycles. The van der Waals surface area contributed by atoms with Crippen molar-refractivity contribution in [3.8, 4) is 0 Å². The molecule has 0 saturated carbocycles. The normalized spacial score (nSPS) is 18.1. The second kappa shape index (κ2) is 7.49. The molecule has 1 aromatic rings. The van der Waals surface area contributed by atoms with Gasteiger partial charge in [-0.05, 0) is 25.1 Å². The summed E-state index contributed by atoms with van der Waals surface area (Å²) in [7, 11) is -5.32. The molecule has 0 radical (unpaired) electrons. The van der Waals surface area contributed by atoms with Gasteiger partial charge < -0.3 is 5.32 Å². The molecule has 1 N–H and O–H groups in total. The number of nitrogens with one attached hydrogen (secondary N) is 1. The Balaban J connectivity index is 1.90. The molecule has 0 atom stereocenters. The number of carbonyl (C=O) groups is 1. The van der Waals surface area contributed by atoms with Crippen LogP contribution < -0.4 is 5.32 Å². The highest BCUT2D eigenvalue weighted by Crippen LogP contribution is 2.27. The fourth-order valence-corrected chi connectivity index (χ4v) is 3.40. The van der Waals surface area contributed by atoms with Crippen molar-refractivity contribution in [1.82, 2.24) is 9.21 Å². The minimum Gasteiger partial charge on any atom is -0.325 e. The van der Waals surface area contributed by atoms with E-state index in [2.05, 4.69) is 5.32 Å². The smallest absolute Gasteiger partial charge is 0.325 e. The number of hydrogen-bond acceptors (Lipinski definition) is 4. The van der Waals surface area contributed by atoms with E-state index in [1.165, 1.54) is 0 Å². The van der Waals surface area contributed by atoms with Crippen LogP contribution >= 0.6 is 0 Å². The monoisotopic (exact) mass is 365 g/mol. The lowest BCUT2D eigenvalue weighted by Crippen LogP contribution is -2.43. The molecule has 134 valence electrons. The number of nitrogens with zero attached hydrogens (tertiary/aromatic N) is 2. The predicted molar refractivity (Wildman–Crippen MR) is 82.7 cm³/mol. The van der Waals surface area contributed by atoms with Gasteiger partial charge in [0.25, 0.3) is 0 Å². The molecule has 6 nitrogen and oxygen atoms in total. The van der Waals surface area contributed by atoms with Crippen molar-refractivity contribution < 1.29 is 26.4 Å². The highest BCUT2D eigenvalue weighted by molar-refractivity contribution is 7.90. The van der Waals surface area contributed by atoms with Gasteiger partial charge in [-0.1, -0.05) is 18.2 Å². The van der Waals surface area contributed by atoms with E-state index in [-0.39, 0.29) is 38.5 Å². The van der Waals surface area contributed by atoms with Crippen LogP contribution in [0.4, 0.5) is 18.9 Å². The fraction of sp³-hybridized carbons (Fsp3) is 0.500. The average Bonchev–Trinajstić information content (AvgIpc) is 2.73. The molecule has 0 spiro atoms. The van der Waals surface area contributed by atoms with Gasteiger partial charge in [0.1, 0.15) is 0 Å². The molecular weight excluding hydrogens is 347 g/mol. The summed E-state index contributed by atoms with van der Waals surface area (Å²) in [5.74, 6) is -0.298. The van der Waals surface area contributed by atoms with Crippen LogP contribution in [0.2, 0.25) is 0 Å². The lowest BCUT2D eigenvalue weighted by molar-refractivity contribution is -0.117. The van der Waals surface area contributed by atoms with Crippen molar-refractivity contribution in [3.05, 3.63) is 30.3 Å². The third-order valence-electron chi connectivity index (χ3n) is 3.60. The number of hydrogen-bond donors (Lipinski definition) is 1. The Bertz CT molecular complexity index is 665. The topological polar surface area (TPSA) is 69.7 Å². The first-order chi connectivity index (χ1) is 11.2. The number of benzene rings is 1. The lowest BCUT2D eigenvalue weighted by atomic mass is 10.3. The number of rotatable bonds is 4. The Kier molecular flexibility index (Phi) is 5.83. The molecule has 0 unspecified atom stereocenters. The third-order valence-corrected chi connectivity index (χ3v) is 5.23. The van der Waals surface area contributed by atoms with E-state index in [1.807, 2.05) is 0 Å². The molecule has 1 aromatic carbocycles. The van der Waals surface area contributed by atoms with Crippen LogP contribution in [-0.2, 0) is 14.8 Å². The standard InChI is InChI=1S/C14H18F3N3O3S/c15-14(16,17)24(22,23)20-8-4-7-19(9-10-20)11-13(21)18-12-5-2-1-3-6-12/h1-3,5-6H,4,7-11H2,(H,18,21). The SMILES string of the molecule is O=C(CN1CCCN(S(=O)(=O)C(F)(F)F)CC1)Nc1ccccc1. The maximum Gasteiger partial charge on any atom is 0.511 e. The second-order valence-corrected chi connectivity index (χ2v) is 7.32. The first kappa shape index (κ1) is 18.7. The van der Waals surface area contributed by atoms with Crippen molar-refractivity contribution in [3.63, 3.8) is 0 Å². The highest BCUT2D eigenvalue weighted by Gasteiger charge is 2.49. The highest BCUT2D eigenvalue weighted by atomic mass is 32.2. The molecule has 1 amide bonds. The molecule has 0 bridgehead atoms. The Morgan fingerprint density at radius 3 is 2.38 bits per heavy atom. The first-order valence-corrected chi connectivity index (χ1v) is 8.78. The Morgan fingerprint density at radius 2 is 1.75 bits per heavy atom. The van der Waals surface area contributed by atoms with Crippen LogP contribution in [-0.4, -0.2) is 61.8 Å². The van der Waals surface area contributed by atoms with Gasteiger partial charge in [0.05, 0.1) is 6.54 Å². The van der Waals surface area contributed by atoms with Crippen LogP contribution in [0.5, 0.6) is 0 Å². The molecule has 1 saturated heterocycles. The number of carbonyl (C=O) groups excluding carboxylic acids is 1. The quantitative estimate of drug-likeness (QED) is 0.878. The van der Waals surface area contributed by atoms with Crippen molar-refractivity contribution in [2.24, 2.45) is 0 Å². The Hall–Kier alpha value is -1.65. The minimum atomic E-state index is -5.32. The molecule has 2 rings (SSSR count). The lowest BCUT2D eigenvalue weighted by Gasteiger charge is -2.22. The average molecular weight is 365 g/mol. The number of halogens is 3. The van der Waals surface area contributed by atoms with Crippen molar-refractivity contribution in [1.29, 1.82) is 0 Å². The van der Waals surface area contributed by atoms with Gasteiger partial charge in [-0.2, -0.15) is 17.5 Å². The number of sulfonamides is 1. The number of para-hydroxylation sites is 1. The maximum absolute atomic E-state index is 12.6. The van der Waals surface area contributed by atoms with E-state index in [9.17, 15) is 26.4 Å². The Labute approximate surface area is 138 Å². The molecular formula is C14H18F3N3O3S. The molecule has 0 aliphatic carbocycles. The summed E-state index contributed by atoms with van der Waals surface area (Å²) in [6.45, 7) is -0.0858. The zero-order valence-electron chi connectivity index (χ0n) is 12.8. The summed E-state index contributed by atoms with van der Waals surface area (Å²) in [4.78, 5) is 13.6. The zero-order valence-corrected chi connectivity index (χ0v) is 13.6. The summed E-state index contributed by atoms with van der Waals surface area (Å²) in [5, 5.41) is 2.68. The van der Waals surface area contributed by atoms with Crippen molar-refractivity contribution in [2.45, 2.75) is 11.9 Å². The number of alkyl halides is 3. The molecule has 1 aliphatic rings. The summed E-state index contributed by atoms with van der Waals surface area (Å²) >= 11 is 0. The molecule has 1 aliphatic heterocycles. The van der Waals surface area contributed by atoms with Crippen LogP contribution in [0.15, 0.2) is 30.3 Å². The van der Waals surface area contributed by atoms with Gasteiger partial charge >= 0.3 is 15.5 Å². The summed E-state index contributed by atoms with van der Waals surface area (Å²) < 4.78 is 61.1. The summed E-state index contributed by atoms with van der Waals surface area (Å²) in [6.07, 6.45) is 0.230. The minimum absolute atomic E-state index is 0.00516. The molecule has 1 fully saturated rings. The third kappa shape index (κ3) is 4.68. The van der Waals surface area contributed by atoms with E-state index in [4.69, 9.17) is 0 Å². The van der Waals surface area contributed by atoms with Crippen molar-refractivity contribution >= 4 is 21.6 Å². The van der Waals surface area contributed by atoms with E-state index in [0.29, 0.717) is 16.5 Å². The largest absolute Gasteiger partial charge is 0.511 e. The van der Waals surface area contributed by atoms with Gasteiger partial charge in [0, 0.05) is 25.3 Å². The van der Waals surface area contributed by atoms with Crippen LogP contribution in [0.1, 0.15) is 6.42 Å². The maximum atomic E-state index is 12.6. The fourth-order valence-electron chi connectivity index (χ4n) is 2.42. The van der Waals surface area contributed by atoms with Crippen molar-refractivity contribution in [2.75, 3.05) is 38.0 Å². The van der Waals surface area contributed by atoms with Gasteiger partial charge in [-0.3, -0.25) is 9.69 Å². The summed E-state index contributed by atoms with van der Waals surface area (Å²) in [5.41, 5.74) is -4.68. The van der Waals surface area contributed by atoms with E-state index >= 15 is 0 Å². The van der Waals surface area contributed by atoms with Gasteiger partial charge in [-0.15, -0.1) is 0 Å². The van der Waals surface area contributed by atoms with Crippen LogP contribution in [0, 0.1) is 0 Å².